The number of unbranched alkanes of at least 4 members (excludes halogenated alkanes) is 1. The van der Waals surface area contributed by atoms with Gasteiger partial charge >= 0.3 is 0 Å². The fourth-order valence-electron chi connectivity index (χ4n) is 3.29. The number of nitrogens with two attached hydrogens (primary N) is 1. The Kier molecular flexibility index (Phi) is 6.82. The predicted molar refractivity (Wildman–Crippen MR) is 83.2 cm³/mol. The first-order valence-electron chi connectivity index (χ1n) is 8.21. The van der Waals surface area contributed by atoms with Crippen LogP contribution in [0.4, 0.5) is 0 Å². The number of rotatable bonds is 7. The second kappa shape index (κ2) is 7.64. The van der Waals surface area contributed by atoms with E-state index in [2.05, 4.69) is 27.7 Å². The lowest BCUT2D eigenvalue weighted by atomic mass is 9.63. The SMILES string of the molecule is CCCCOCCC1(CN)CCC(C(C)(C)C)CC1. The molecule has 0 aromatic heterocycles. The van der Waals surface area contributed by atoms with Crippen LogP contribution in [0.3, 0.4) is 0 Å². The molecule has 19 heavy (non-hydrogen) atoms. The van der Waals surface area contributed by atoms with Crippen LogP contribution in [0.2, 0.25) is 0 Å². The third-order valence-electron chi connectivity index (χ3n) is 5.12. The van der Waals surface area contributed by atoms with E-state index < -0.39 is 0 Å². The molecule has 1 aliphatic carbocycles. The summed E-state index contributed by atoms with van der Waals surface area (Å²) in [6.45, 7) is 12.0. The monoisotopic (exact) mass is 269 g/mol. The molecule has 1 saturated carbocycles. The molecule has 0 amide bonds. The summed E-state index contributed by atoms with van der Waals surface area (Å²) in [6.07, 6.45) is 8.83. The van der Waals surface area contributed by atoms with Crippen LogP contribution in [0.1, 0.15) is 72.6 Å². The molecule has 0 spiro atoms. The molecule has 0 bridgehead atoms. The Balaban J connectivity index is 2.34. The standard InChI is InChI=1S/C17H35NO/c1-5-6-12-19-13-11-17(14-18)9-7-15(8-10-17)16(2,3)4/h15H,5-14,18H2,1-4H3. The average molecular weight is 269 g/mol. The third-order valence-corrected chi connectivity index (χ3v) is 5.12. The third kappa shape index (κ3) is 5.43. The molecule has 0 radical (unpaired) electrons. The molecule has 0 unspecified atom stereocenters. The highest BCUT2D eigenvalue weighted by Gasteiger charge is 2.37. The van der Waals surface area contributed by atoms with E-state index in [9.17, 15) is 0 Å². The number of hydrogen-bond donors (Lipinski definition) is 1. The highest BCUT2D eigenvalue weighted by Crippen LogP contribution is 2.46. The lowest BCUT2D eigenvalue weighted by Crippen LogP contribution is -2.38. The highest BCUT2D eigenvalue weighted by molar-refractivity contribution is 4.89. The van der Waals surface area contributed by atoms with Crippen molar-refractivity contribution in [3.8, 4) is 0 Å². The van der Waals surface area contributed by atoms with Gasteiger partial charge in [-0.25, -0.2) is 0 Å². The van der Waals surface area contributed by atoms with E-state index in [0.717, 1.165) is 32.1 Å². The molecule has 1 aliphatic rings. The zero-order chi connectivity index (χ0) is 14.4. The van der Waals surface area contributed by atoms with Gasteiger partial charge in [0.1, 0.15) is 0 Å². The summed E-state index contributed by atoms with van der Waals surface area (Å²) in [5, 5.41) is 0. The fourth-order valence-corrected chi connectivity index (χ4v) is 3.29. The lowest BCUT2D eigenvalue weighted by molar-refractivity contribution is 0.0466. The maximum Gasteiger partial charge on any atom is 0.0471 e. The first kappa shape index (κ1) is 17.0. The van der Waals surface area contributed by atoms with Crippen LogP contribution in [0.5, 0.6) is 0 Å². The van der Waals surface area contributed by atoms with Crippen LogP contribution in [0.25, 0.3) is 0 Å². The molecule has 114 valence electrons. The topological polar surface area (TPSA) is 35.2 Å². The van der Waals surface area contributed by atoms with Gasteiger partial charge in [0, 0.05) is 13.2 Å². The van der Waals surface area contributed by atoms with Crippen LogP contribution < -0.4 is 5.73 Å². The van der Waals surface area contributed by atoms with Crippen molar-refractivity contribution in [1.29, 1.82) is 0 Å². The smallest absolute Gasteiger partial charge is 0.0471 e. The Labute approximate surface area is 120 Å². The Hall–Kier alpha value is -0.0800. The summed E-state index contributed by atoms with van der Waals surface area (Å²) in [5.41, 5.74) is 6.90. The maximum atomic E-state index is 6.08. The van der Waals surface area contributed by atoms with E-state index in [1.165, 1.54) is 38.5 Å². The Morgan fingerprint density at radius 3 is 2.26 bits per heavy atom. The summed E-state index contributed by atoms with van der Waals surface area (Å²) in [5.74, 6) is 0.869. The van der Waals surface area contributed by atoms with Gasteiger partial charge in [-0.2, -0.15) is 0 Å². The first-order chi connectivity index (χ1) is 8.93. The Bertz CT molecular complexity index is 236. The van der Waals surface area contributed by atoms with Crippen molar-refractivity contribution in [2.45, 2.75) is 72.6 Å². The van der Waals surface area contributed by atoms with E-state index in [1.54, 1.807) is 0 Å². The molecule has 0 saturated heterocycles. The Morgan fingerprint density at radius 2 is 1.79 bits per heavy atom. The van der Waals surface area contributed by atoms with E-state index in [1.807, 2.05) is 0 Å². The molecule has 1 rings (SSSR count). The molecule has 0 heterocycles. The second-order valence-electron chi connectivity index (χ2n) is 7.56. The van der Waals surface area contributed by atoms with Crippen LogP contribution >= 0.6 is 0 Å². The van der Waals surface area contributed by atoms with E-state index in [0.29, 0.717) is 10.8 Å². The normalized spacial score (nSPS) is 28.6. The Morgan fingerprint density at radius 1 is 1.16 bits per heavy atom. The van der Waals surface area contributed by atoms with Gasteiger partial charge < -0.3 is 10.5 Å². The molecule has 0 atom stereocenters. The average Bonchev–Trinajstić information content (AvgIpc) is 2.38. The largest absolute Gasteiger partial charge is 0.381 e. The lowest BCUT2D eigenvalue weighted by Gasteiger charge is -2.43. The van der Waals surface area contributed by atoms with Gasteiger partial charge in [-0.3, -0.25) is 0 Å². The summed E-state index contributed by atoms with van der Waals surface area (Å²) >= 11 is 0. The highest BCUT2D eigenvalue weighted by atomic mass is 16.5. The molecule has 2 nitrogen and oxygen atoms in total. The van der Waals surface area contributed by atoms with Gasteiger partial charge in [-0.1, -0.05) is 34.1 Å². The summed E-state index contributed by atoms with van der Waals surface area (Å²) < 4.78 is 5.74. The molecular formula is C17H35NO. The summed E-state index contributed by atoms with van der Waals surface area (Å²) in [6, 6.07) is 0. The molecule has 0 aliphatic heterocycles. The minimum atomic E-state index is 0.369. The molecule has 2 heteroatoms. The quantitative estimate of drug-likeness (QED) is 0.696. The van der Waals surface area contributed by atoms with Crippen LogP contribution in [-0.4, -0.2) is 19.8 Å². The van der Waals surface area contributed by atoms with Crippen molar-refractivity contribution in [1.82, 2.24) is 0 Å². The number of ether oxygens (including phenoxy) is 1. The van der Waals surface area contributed by atoms with E-state index in [-0.39, 0.29) is 0 Å². The van der Waals surface area contributed by atoms with E-state index >= 15 is 0 Å². The van der Waals surface area contributed by atoms with Crippen molar-refractivity contribution in [2.75, 3.05) is 19.8 Å². The molecule has 1 fully saturated rings. The maximum absolute atomic E-state index is 6.08. The zero-order valence-electron chi connectivity index (χ0n) is 13.6. The van der Waals surface area contributed by atoms with E-state index in [4.69, 9.17) is 10.5 Å². The molecular weight excluding hydrogens is 234 g/mol. The summed E-state index contributed by atoms with van der Waals surface area (Å²) in [4.78, 5) is 0. The van der Waals surface area contributed by atoms with Crippen molar-refractivity contribution in [3.05, 3.63) is 0 Å². The molecule has 2 N–H and O–H groups in total. The zero-order valence-corrected chi connectivity index (χ0v) is 13.6. The first-order valence-corrected chi connectivity index (χ1v) is 8.21. The minimum absolute atomic E-state index is 0.369. The van der Waals surface area contributed by atoms with Crippen LogP contribution in [0.15, 0.2) is 0 Å². The predicted octanol–water partition coefficient (Wildman–Crippen LogP) is 4.37. The van der Waals surface area contributed by atoms with Crippen molar-refractivity contribution >= 4 is 0 Å². The fraction of sp³-hybridized carbons (Fsp3) is 1.00. The molecule has 0 aromatic carbocycles. The van der Waals surface area contributed by atoms with Crippen LogP contribution in [0, 0.1) is 16.7 Å². The van der Waals surface area contributed by atoms with Gasteiger partial charge in [0.15, 0.2) is 0 Å². The van der Waals surface area contributed by atoms with Gasteiger partial charge in [-0.05, 0) is 61.8 Å². The molecule has 0 aromatic rings. The minimum Gasteiger partial charge on any atom is -0.381 e. The van der Waals surface area contributed by atoms with Gasteiger partial charge in [-0.15, -0.1) is 0 Å². The summed E-state index contributed by atoms with van der Waals surface area (Å²) in [7, 11) is 0. The number of hydrogen-bond acceptors (Lipinski definition) is 2. The van der Waals surface area contributed by atoms with Crippen molar-refractivity contribution in [2.24, 2.45) is 22.5 Å². The van der Waals surface area contributed by atoms with Gasteiger partial charge in [0.25, 0.3) is 0 Å². The van der Waals surface area contributed by atoms with Crippen molar-refractivity contribution in [3.63, 3.8) is 0 Å². The second-order valence-corrected chi connectivity index (χ2v) is 7.56. The van der Waals surface area contributed by atoms with Crippen molar-refractivity contribution < 1.29 is 4.74 Å². The van der Waals surface area contributed by atoms with Gasteiger partial charge in [0.2, 0.25) is 0 Å². The van der Waals surface area contributed by atoms with Gasteiger partial charge in [0.05, 0.1) is 0 Å². The van der Waals surface area contributed by atoms with Crippen LogP contribution in [-0.2, 0) is 4.74 Å².